The topological polar surface area (TPSA) is 79.0 Å². The summed E-state index contributed by atoms with van der Waals surface area (Å²) in [6, 6.07) is 14.6. The average Bonchev–Trinajstić information content (AvgIpc) is 2.79. The highest BCUT2D eigenvalue weighted by Gasteiger charge is 2.37. The van der Waals surface area contributed by atoms with E-state index in [-0.39, 0.29) is 18.2 Å². The molecular formula is C22H27N3O4S. The van der Waals surface area contributed by atoms with Crippen molar-refractivity contribution in [2.24, 2.45) is 0 Å². The van der Waals surface area contributed by atoms with E-state index in [0.29, 0.717) is 25.3 Å². The highest BCUT2D eigenvalue weighted by atomic mass is 32.2. The molecule has 0 bridgehead atoms. The molecule has 1 N–H and O–H groups in total. The summed E-state index contributed by atoms with van der Waals surface area (Å²) in [6.07, 6.45) is 0.368. The summed E-state index contributed by atoms with van der Waals surface area (Å²) < 4.78 is 32.1. The monoisotopic (exact) mass is 429 g/mol. The second kappa shape index (κ2) is 8.75. The number of nitrogens with zero attached hydrogens (tertiary/aromatic N) is 2. The third-order valence-corrected chi connectivity index (χ3v) is 7.57. The maximum Gasteiger partial charge on any atom is 0.243 e. The van der Waals surface area contributed by atoms with Crippen molar-refractivity contribution in [3.05, 3.63) is 59.7 Å². The summed E-state index contributed by atoms with van der Waals surface area (Å²) in [6.45, 7) is 4.94. The third-order valence-electron chi connectivity index (χ3n) is 5.74. The molecule has 160 valence electrons. The standard InChI is InChI=1S/C22H27N3O4S/c1-2-30(27,28)25-16-18-6-4-3-5-17(18)15-21(25)22(26)23-19-7-9-20(10-8-19)24-11-13-29-14-12-24/h3-10,21H,2,11-16H2,1H3,(H,23,26)/t21-/m0/s1. The molecule has 0 radical (unpaired) electrons. The molecule has 4 rings (SSSR count). The van der Waals surface area contributed by atoms with Gasteiger partial charge in [0.05, 0.1) is 19.0 Å². The Morgan fingerprint density at radius 3 is 2.40 bits per heavy atom. The first kappa shape index (κ1) is 20.8. The maximum absolute atomic E-state index is 13.1. The van der Waals surface area contributed by atoms with Crippen molar-refractivity contribution in [1.82, 2.24) is 4.31 Å². The van der Waals surface area contributed by atoms with Gasteiger partial charge in [-0.1, -0.05) is 24.3 Å². The molecule has 30 heavy (non-hydrogen) atoms. The van der Waals surface area contributed by atoms with Crippen molar-refractivity contribution in [1.29, 1.82) is 0 Å². The minimum Gasteiger partial charge on any atom is -0.378 e. The molecule has 2 aromatic carbocycles. The second-order valence-corrected chi connectivity index (χ2v) is 9.78. The molecule has 1 amide bonds. The predicted octanol–water partition coefficient (Wildman–Crippen LogP) is 2.24. The van der Waals surface area contributed by atoms with Crippen LogP contribution in [0.4, 0.5) is 11.4 Å². The minimum absolute atomic E-state index is 0.0345. The highest BCUT2D eigenvalue weighted by molar-refractivity contribution is 7.89. The van der Waals surface area contributed by atoms with Crippen molar-refractivity contribution in [3.63, 3.8) is 0 Å². The van der Waals surface area contributed by atoms with Gasteiger partial charge < -0.3 is 15.0 Å². The Morgan fingerprint density at radius 1 is 1.07 bits per heavy atom. The molecule has 7 nitrogen and oxygen atoms in total. The largest absolute Gasteiger partial charge is 0.378 e. The lowest BCUT2D eigenvalue weighted by Crippen LogP contribution is -2.51. The van der Waals surface area contributed by atoms with Crippen molar-refractivity contribution in [3.8, 4) is 0 Å². The summed E-state index contributed by atoms with van der Waals surface area (Å²) >= 11 is 0. The lowest BCUT2D eigenvalue weighted by Gasteiger charge is -2.34. The molecule has 8 heteroatoms. The number of ether oxygens (including phenoxy) is 1. The van der Waals surface area contributed by atoms with Crippen LogP contribution in [-0.4, -0.2) is 56.7 Å². The number of benzene rings is 2. The maximum atomic E-state index is 13.1. The molecule has 2 aliphatic rings. The van der Waals surface area contributed by atoms with E-state index in [4.69, 9.17) is 4.74 Å². The van der Waals surface area contributed by atoms with Crippen LogP contribution in [0, 0.1) is 0 Å². The van der Waals surface area contributed by atoms with Crippen molar-refractivity contribution in [2.45, 2.75) is 25.9 Å². The predicted molar refractivity (Wildman–Crippen MR) is 117 cm³/mol. The van der Waals surface area contributed by atoms with Crippen LogP contribution >= 0.6 is 0 Å². The Hall–Kier alpha value is -2.42. The Kier molecular flexibility index (Phi) is 6.08. The summed E-state index contributed by atoms with van der Waals surface area (Å²) in [7, 11) is -3.52. The molecule has 2 aromatic rings. The second-order valence-electron chi connectivity index (χ2n) is 7.57. The van der Waals surface area contributed by atoms with Gasteiger partial charge in [0, 0.05) is 31.0 Å². The smallest absolute Gasteiger partial charge is 0.243 e. The molecule has 1 atom stereocenters. The fourth-order valence-electron chi connectivity index (χ4n) is 3.98. The van der Waals surface area contributed by atoms with Gasteiger partial charge in [0.1, 0.15) is 6.04 Å². The van der Waals surface area contributed by atoms with Crippen LogP contribution in [0.1, 0.15) is 18.1 Å². The minimum atomic E-state index is -3.52. The molecule has 0 unspecified atom stereocenters. The number of hydrogen-bond donors (Lipinski definition) is 1. The first-order chi connectivity index (χ1) is 14.5. The van der Waals surface area contributed by atoms with Crippen LogP contribution in [0.2, 0.25) is 0 Å². The number of morpholine rings is 1. The van der Waals surface area contributed by atoms with Gasteiger partial charge in [-0.15, -0.1) is 0 Å². The molecule has 1 saturated heterocycles. The van der Waals surface area contributed by atoms with Gasteiger partial charge in [0.2, 0.25) is 15.9 Å². The number of carbonyl (C=O) groups excluding carboxylic acids is 1. The van der Waals surface area contributed by atoms with Crippen LogP contribution in [0.5, 0.6) is 0 Å². The first-order valence-electron chi connectivity index (χ1n) is 10.3. The summed E-state index contributed by atoms with van der Waals surface area (Å²) in [5.74, 6) is -0.339. The van der Waals surface area contributed by atoms with E-state index in [0.717, 1.165) is 29.9 Å². The Morgan fingerprint density at radius 2 is 1.73 bits per heavy atom. The number of hydrogen-bond acceptors (Lipinski definition) is 5. The fraction of sp³-hybridized carbons (Fsp3) is 0.409. The van der Waals surface area contributed by atoms with E-state index in [1.54, 1.807) is 6.92 Å². The molecular weight excluding hydrogens is 402 g/mol. The fourth-order valence-corrected chi connectivity index (χ4v) is 5.21. The van der Waals surface area contributed by atoms with Gasteiger partial charge in [0.25, 0.3) is 0 Å². The zero-order valence-corrected chi connectivity index (χ0v) is 17.9. The van der Waals surface area contributed by atoms with E-state index in [2.05, 4.69) is 10.2 Å². The van der Waals surface area contributed by atoms with Crippen molar-refractivity contribution >= 4 is 27.3 Å². The zero-order valence-electron chi connectivity index (χ0n) is 17.1. The summed E-state index contributed by atoms with van der Waals surface area (Å²) in [5.41, 5.74) is 3.71. The van der Waals surface area contributed by atoms with Gasteiger partial charge in [-0.2, -0.15) is 4.31 Å². The molecule has 0 saturated carbocycles. The van der Waals surface area contributed by atoms with Crippen LogP contribution < -0.4 is 10.2 Å². The lowest BCUT2D eigenvalue weighted by molar-refractivity contribution is -0.120. The summed E-state index contributed by atoms with van der Waals surface area (Å²) in [5, 5.41) is 2.91. The Bertz CT molecular complexity index is 1000. The molecule has 2 heterocycles. The SMILES string of the molecule is CCS(=O)(=O)N1Cc2ccccc2C[C@H]1C(=O)Nc1ccc(N2CCOCC2)cc1. The van der Waals surface area contributed by atoms with E-state index in [1.807, 2.05) is 48.5 Å². The number of anilines is 2. The van der Waals surface area contributed by atoms with E-state index in [1.165, 1.54) is 4.31 Å². The third kappa shape index (κ3) is 4.35. The van der Waals surface area contributed by atoms with Crippen LogP contribution in [0.15, 0.2) is 48.5 Å². The number of amides is 1. The first-order valence-corrected chi connectivity index (χ1v) is 11.9. The Balaban J connectivity index is 1.52. The lowest BCUT2D eigenvalue weighted by atomic mass is 9.95. The van der Waals surface area contributed by atoms with Crippen LogP contribution in [-0.2, 0) is 32.5 Å². The van der Waals surface area contributed by atoms with E-state index in [9.17, 15) is 13.2 Å². The number of carbonyl (C=O) groups is 1. The zero-order chi connectivity index (χ0) is 21.1. The molecule has 0 spiro atoms. The quantitative estimate of drug-likeness (QED) is 0.789. The number of nitrogens with one attached hydrogen (secondary N) is 1. The summed E-state index contributed by atoms with van der Waals surface area (Å²) in [4.78, 5) is 15.3. The van der Waals surface area contributed by atoms with Crippen molar-refractivity contribution in [2.75, 3.05) is 42.3 Å². The molecule has 0 aliphatic carbocycles. The molecule has 1 fully saturated rings. The van der Waals surface area contributed by atoms with Gasteiger partial charge in [-0.05, 0) is 48.7 Å². The molecule has 0 aromatic heterocycles. The van der Waals surface area contributed by atoms with Gasteiger partial charge in [-0.3, -0.25) is 4.79 Å². The number of rotatable bonds is 5. The van der Waals surface area contributed by atoms with E-state index >= 15 is 0 Å². The van der Waals surface area contributed by atoms with Crippen LogP contribution in [0.25, 0.3) is 0 Å². The highest BCUT2D eigenvalue weighted by Crippen LogP contribution is 2.27. The molecule has 2 aliphatic heterocycles. The van der Waals surface area contributed by atoms with Crippen LogP contribution in [0.3, 0.4) is 0 Å². The van der Waals surface area contributed by atoms with E-state index < -0.39 is 16.1 Å². The Labute approximate surface area is 177 Å². The average molecular weight is 430 g/mol. The van der Waals surface area contributed by atoms with Gasteiger partial charge in [0.15, 0.2) is 0 Å². The number of fused-ring (bicyclic) bond motifs is 1. The normalized spacial score (nSPS) is 19.9. The van der Waals surface area contributed by atoms with Gasteiger partial charge in [-0.25, -0.2) is 8.42 Å². The van der Waals surface area contributed by atoms with Gasteiger partial charge >= 0.3 is 0 Å². The van der Waals surface area contributed by atoms with Crippen molar-refractivity contribution < 1.29 is 17.9 Å². The number of sulfonamides is 1.